The Balaban J connectivity index is 2.36. The second-order valence-corrected chi connectivity index (χ2v) is 3.71. The zero-order chi connectivity index (χ0) is 11.5. The van der Waals surface area contributed by atoms with Crippen molar-refractivity contribution in [2.75, 3.05) is 12.8 Å². The van der Waals surface area contributed by atoms with Gasteiger partial charge in [-0.05, 0) is 11.6 Å². The first-order chi connectivity index (χ1) is 7.70. The van der Waals surface area contributed by atoms with Crippen LogP contribution in [0.4, 0.5) is 5.82 Å². The molecule has 1 heterocycles. The van der Waals surface area contributed by atoms with E-state index in [9.17, 15) is 0 Å². The Hall–Kier alpha value is -1.81. The molecule has 0 bridgehead atoms. The van der Waals surface area contributed by atoms with E-state index in [0.717, 1.165) is 16.8 Å². The number of benzene rings is 1. The van der Waals surface area contributed by atoms with Gasteiger partial charge in [0, 0.05) is 25.8 Å². The molecule has 0 aliphatic rings. The Kier molecular flexibility index (Phi) is 2.92. The van der Waals surface area contributed by atoms with E-state index in [1.165, 1.54) is 0 Å². The van der Waals surface area contributed by atoms with Gasteiger partial charge in [0.05, 0.1) is 12.3 Å². The van der Waals surface area contributed by atoms with Gasteiger partial charge in [0.1, 0.15) is 5.82 Å². The Morgan fingerprint density at radius 2 is 2.19 bits per heavy atom. The lowest BCUT2D eigenvalue weighted by Crippen LogP contribution is -1.96. The first kappa shape index (κ1) is 10.7. The number of hydrogen-bond donors (Lipinski definition) is 1. The van der Waals surface area contributed by atoms with Crippen molar-refractivity contribution in [1.29, 1.82) is 0 Å². The predicted octanol–water partition coefficient (Wildman–Crippen LogP) is 1.82. The van der Waals surface area contributed by atoms with E-state index in [1.54, 1.807) is 11.8 Å². The summed E-state index contributed by atoms with van der Waals surface area (Å²) in [5, 5.41) is 4.33. The SMILES string of the molecule is COCc1cccc(-c2cc(N)n(C)n2)c1. The minimum absolute atomic E-state index is 0.607. The zero-order valence-electron chi connectivity index (χ0n) is 9.47. The van der Waals surface area contributed by atoms with E-state index < -0.39 is 0 Å². The lowest BCUT2D eigenvalue weighted by Gasteiger charge is -2.01. The van der Waals surface area contributed by atoms with Crippen LogP contribution in [0.1, 0.15) is 5.56 Å². The Morgan fingerprint density at radius 3 is 2.81 bits per heavy atom. The van der Waals surface area contributed by atoms with Crippen LogP contribution in [0.25, 0.3) is 11.3 Å². The average Bonchev–Trinajstić information content (AvgIpc) is 2.60. The molecule has 4 nitrogen and oxygen atoms in total. The molecule has 0 aliphatic carbocycles. The van der Waals surface area contributed by atoms with Crippen molar-refractivity contribution < 1.29 is 4.74 Å². The molecule has 84 valence electrons. The lowest BCUT2D eigenvalue weighted by atomic mass is 10.1. The maximum Gasteiger partial charge on any atom is 0.121 e. The number of anilines is 1. The quantitative estimate of drug-likeness (QED) is 0.853. The van der Waals surface area contributed by atoms with E-state index >= 15 is 0 Å². The average molecular weight is 217 g/mol. The van der Waals surface area contributed by atoms with Gasteiger partial charge >= 0.3 is 0 Å². The summed E-state index contributed by atoms with van der Waals surface area (Å²) in [6.07, 6.45) is 0. The van der Waals surface area contributed by atoms with Crippen LogP contribution in [0.3, 0.4) is 0 Å². The fourth-order valence-electron chi connectivity index (χ4n) is 1.61. The maximum atomic E-state index is 5.75. The van der Waals surface area contributed by atoms with Crippen LogP contribution in [0.15, 0.2) is 30.3 Å². The molecule has 0 saturated heterocycles. The van der Waals surface area contributed by atoms with Crippen LogP contribution in [-0.4, -0.2) is 16.9 Å². The third-order valence-electron chi connectivity index (χ3n) is 2.45. The standard InChI is InChI=1S/C12H15N3O/c1-15-12(13)7-11(14-15)10-5-3-4-9(6-10)8-16-2/h3-7H,8,13H2,1-2H3. The minimum atomic E-state index is 0.607. The number of nitrogen functional groups attached to an aromatic ring is 1. The van der Waals surface area contributed by atoms with Crippen molar-refractivity contribution in [3.05, 3.63) is 35.9 Å². The molecule has 1 aromatic heterocycles. The monoisotopic (exact) mass is 217 g/mol. The lowest BCUT2D eigenvalue weighted by molar-refractivity contribution is 0.185. The Labute approximate surface area is 94.6 Å². The molecule has 2 aromatic rings. The molecule has 4 heteroatoms. The largest absolute Gasteiger partial charge is 0.384 e. The molecular weight excluding hydrogens is 202 g/mol. The molecule has 2 N–H and O–H groups in total. The van der Waals surface area contributed by atoms with E-state index in [0.29, 0.717) is 12.4 Å². The summed E-state index contributed by atoms with van der Waals surface area (Å²) in [6, 6.07) is 9.96. The number of hydrogen-bond acceptors (Lipinski definition) is 3. The highest BCUT2D eigenvalue weighted by atomic mass is 16.5. The van der Waals surface area contributed by atoms with Crippen LogP contribution in [0.2, 0.25) is 0 Å². The first-order valence-electron chi connectivity index (χ1n) is 5.08. The summed E-state index contributed by atoms with van der Waals surface area (Å²) in [5.74, 6) is 0.659. The van der Waals surface area contributed by atoms with Crippen molar-refractivity contribution in [2.24, 2.45) is 7.05 Å². The fraction of sp³-hybridized carbons (Fsp3) is 0.250. The smallest absolute Gasteiger partial charge is 0.121 e. The van der Waals surface area contributed by atoms with Gasteiger partial charge in [-0.2, -0.15) is 5.10 Å². The molecule has 0 spiro atoms. The summed E-state index contributed by atoms with van der Waals surface area (Å²) >= 11 is 0. The van der Waals surface area contributed by atoms with Crippen LogP contribution in [0.5, 0.6) is 0 Å². The van der Waals surface area contributed by atoms with Crippen molar-refractivity contribution in [2.45, 2.75) is 6.61 Å². The summed E-state index contributed by atoms with van der Waals surface area (Å²) in [7, 11) is 3.52. The highest BCUT2D eigenvalue weighted by Gasteiger charge is 2.05. The van der Waals surface area contributed by atoms with Gasteiger partial charge in [0.2, 0.25) is 0 Å². The van der Waals surface area contributed by atoms with Crippen LogP contribution < -0.4 is 5.73 Å². The normalized spacial score (nSPS) is 10.6. The topological polar surface area (TPSA) is 53.1 Å². The highest BCUT2D eigenvalue weighted by molar-refractivity contribution is 5.62. The molecule has 16 heavy (non-hydrogen) atoms. The van der Waals surface area contributed by atoms with Crippen LogP contribution in [0, 0.1) is 0 Å². The second kappa shape index (κ2) is 4.37. The van der Waals surface area contributed by atoms with E-state index in [-0.39, 0.29) is 0 Å². The number of nitrogens with zero attached hydrogens (tertiary/aromatic N) is 2. The van der Waals surface area contributed by atoms with Gasteiger partial charge in [-0.25, -0.2) is 0 Å². The fourth-order valence-corrected chi connectivity index (χ4v) is 1.61. The summed E-state index contributed by atoms with van der Waals surface area (Å²) in [4.78, 5) is 0. The minimum Gasteiger partial charge on any atom is -0.384 e. The van der Waals surface area contributed by atoms with Gasteiger partial charge in [-0.3, -0.25) is 4.68 Å². The molecule has 0 aliphatic heterocycles. The molecule has 0 atom stereocenters. The molecule has 0 saturated carbocycles. The third-order valence-corrected chi connectivity index (χ3v) is 2.45. The van der Waals surface area contributed by atoms with E-state index in [1.807, 2.05) is 31.3 Å². The van der Waals surface area contributed by atoms with Gasteiger partial charge in [-0.1, -0.05) is 18.2 Å². The number of ether oxygens (including phenoxy) is 1. The van der Waals surface area contributed by atoms with Gasteiger partial charge in [-0.15, -0.1) is 0 Å². The van der Waals surface area contributed by atoms with Crippen molar-refractivity contribution in [3.63, 3.8) is 0 Å². The number of rotatable bonds is 3. The van der Waals surface area contributed by atoms with E-state index in [4.69, 9.17) is 10.5 Å². The molecular formula is C12H15N3O. The van der Waals surface area contributed by atoms with Gasteiger partial charge in [0.25, 0.3) is 0 Å². The molecule has 0 unspecified atom stereocenters. The zero-order valence-corrected chi connectivity index (χ0v) is 9.47. The number of aromatic nitrogens is 2. The third kappa shape index (κ3) is 2.06. The molecule has 0 fully saturated rings. The summed E-state index contributed by atoms with van der Waals surface area (Å²) < 4.78 is 6.76. The second-order valence-electron chi connectivity index (χ2n) is 3.71. The van der Waals surface area contributed by atoms with Crippen molar-refractivity contribution >= 4 is 5.82 Å². The van der Waals surface area contributed by atoms with Crippen LogP contribution in [-0.2, 0) is 18.4 Å². The summed E-state index contributed by atoms with van der Waals surface area (Å²) in [6.45, 7) is 0.607. The first-order valence-corrected chi connectivity index (χ1v) is 5.08. The van der Waals surface area contributed by atoms with Gasteiger partial charge in [0.15, 0.2) is 0 Å². The van der Waals surface area contributed by atoms with E-state index in [2.05, 4.69) is 11.2 Å². The van der Waals surface area contributed by atoms with Gasteiger partial charge < -0.3 is 10.5 Å². The Bertz CT molecular complexity index is 471. The maximum absolute atomic E-state index is 5.75. The van der Waals surface area contributed by atoms with Crippen LogP contribution >= 0.6 is 0 Å². The highest BCUT2D eigenvalue weighted by Crippen LogP contribution is 2.21. The molecule has 1 aromatic carbocycles. The Morgan fingerprint density at radius 1 is 1.38 bits per heavy atom. The molecule has 2 rings (SSSR count). The summed E-state index contributed by atoms with van der Waals surface area (Å²) in [5.41, 5.74) is 8.82. The predicted molar refractivity (Wildman–Crippen MR) is 63.8 cm³/mol. The number of aryl methyl sites for hydroxylation is 1. The van der Waals surface area contributed by atoms with Crippen molar-refractivity contribution in [3.8, 4) is 11.3 Å². The molecule has 0 amide bonds. The number of nitrogens with two attached hydrogens (primary N) is 1. The molecule has 0 radical (unpaired) electrons. The number of methoxy groups -OCH3 is 1. The van der Waals surface area contributed by atoms with Crippen molar-refractivity contribution in [1.82, 2.24) is 9.78 Å².